The van der Waals surface area contributed by atoms with Gasteiger partial charge in [0.2, 0.25) is 0 Å². The normalized spacial score (nSPS) is 19.6. The van der Waals surface area contributed by atoms with Crippen LogP contribution in [0.3, 0.4) is 0 Å². The molecule has 3 rings (SSSR count). The number of carbonyl (C=O) groups is 1. The van der Waals surface area contributed by atoms with Crippen molar-refractivity contribution in [1.82, 2.24) is 0 Å². The lowest BCUT2D eigenvalue weighted by molar-refractivity contribution is -0.117. The molecule has 104 valence electrons. The van der Waals surface area contributed by atoms with Gasteiger partial charge in [-0.15, -0.1) is 0 Å². The lowest BCUT2D eigenvalue weighted by atomic mass is 9.91. The summed E-state index contributed by atoms with van der Waals surface area (Å²) in [5, 5.41) is 0. The number of nitrogens with zero attached hydrogens (tertiary/aromatic N) is 1. The summed E-state index contributed by atoms with van der Waals surface area (Å²) in [4.78, 5) is 15.4. The van der Waals surface area contributed by atoms with E-state index in [-0.39, 0.29) is 18.1 Å². The second-order valence-electron chi connectivity index (χ2n) is 5.47. The molecule has 1 aromatic rings. The van der Waals surface area contributed by atoms with Crippen LogP contribution in [0.4, 0.5) is 4.39 Å². The molecule has 20 heavy (non-hydrogen) atoms. The Morgan fingerprint density at radius 3 is 2.65 bits per heavy atom. The van der Waals surface area contributed by atoms with Crippen molar-refractivity contribution >= 4 is 17.1 Å². The Morgan fingerprint density at radius 1 is 1.10 bits per heavy atom. The van der Waals surface area contributed by atoms with Crippen LogP contribution in [0.5, 0.6) is 0 Å². The van der Waals surface area contributed by atoms with Gasteiger partial charge in [0.05, 0.1) is 6.54 Å². The second-order valence-corrected chi connectivity index (χ2v) is 5.47. The molecule has 0 radical (unpaired) electrons. The summed E-state index contributed by atoms with van der Waals surface area (Å²) in [7, 11) is 0. The summed E-state index contributed by atoms with van der Waals surface area (Å²) in [6, 6.07) is 5.36. The number of halogens is 1. The van der Waals surface area contributed by atoms with Crippen LogP contribution in [-0.4, -0.2) is 18.0 Å². The first-order valence-corrected chi connectivity index (χ1v) is 7.28. The Kier molecular flexibility index (Phi) is 3.77. The van der Waals surface area contributed by atoms with Gasteiger partial charge in [0, 0.05) is 17.7 Å². The van der Waals surface area contributed by atoms with Crippen LogP contribution in [0.2, 0.25) is 0 Å². The van der Waals surface area contributed by atoms with Crippen molar-refractivity contribution in [2.45, 2.75) is 38.5 Å². The number of benzene rings is 1. The predicted molar refractivity (Wildman–Crippen MR) is 78.5 cm³/mol. The molecular formula is C17H18FNO. The highest BCUT2D eigenvalue weighted by Crippen LogP contribution is 2.29. The van der Waals surface area contributed by atoms with E-state index in [0.29, 0.717) is 12.8 Å². The fourth-order valence-electron chi connectivity index (χ4n) is 2.87. The van der Waals surface area contributed by atoms with Crippen molar-refractivity contribution in [3.63, 3.8) is 0 Å². The van der Waals surface area contributed by atoms with E-state index < -0.39 is 0 Å². The number of rotatable bonds is 2. The van der Waals surface area contributed by atoms with Crippen molar-refractivity contribution in [1.29, 1.82) is 0 Å². The quantitative estimate of drug-likeness (QED) is 0.801. The topological polar surface area (TPSA) is 29.4 Å². The van der Waals surface area contributed by atoms with E-state index in [1.807, 2.05) is 12.1 Å². The van der Waals surface area contributed by atoms with E-state index in [2.05, 4.69) is 11.1 Å². The molecule has 2 nitrogen and oxygen atoms in total. The molecule has 0 aromatic heterocycles. The highest BCUT2D eigenvalue weighted by molar-refractivity contribution is 6.05. The van der Waals surface area contributed by atoms with Crippen molar-refractivity contribution in [3.05, 3.63) is 41.2 Å². The Hall–Kier alpha value is -1.77. The summed E-state index contributed by atoms with van der Waals surface area (Å²) in [5.74, 6) is -0.00606. The van der Waals surface area contributed by atoms with Gasteiger partial charge in [0.15, 0.2) is 5.78 Å². The largest absolute Gasteiger partial charge is 0.298 e. The van der Waals surface area contributed by atoms with Crippen LogP contribution in [-0.2, 0) is 4.79 Å². The van der Waals surface area contributed by atoms with Crippen LogP contribution < -0.4 is 0 Å². The molecule has 0 saturated heterocycles. The number of aliphatic imine (C=N–C) groups is 1. The lowest BCUT2D eigenvalue weighted by Gasteiger charge is -2.16. The molecule has 1 aliphatic carbocycles. The van der Waals surface area contributed by atoms with Crippen molar-refractivity contribution in [2.24, 2.45) is 4.99 Å². The standard InChI is InChI=1S/C17H18FNO/c18-16-10-13(17-9-7-14(20)11-19-17)6-8-15(16)12-4-2-1-3-5-12/h4,6,8,10H,1-3,5,7,9,11H2. The number of hydrogen-bond donors (Lipinski definition) is 0. The molecule has 1 aromatic carbocycles. The SMILES string of the molecule is O=C1CCC(c2ccc(C3=CCCCC3)c(F)c2)=NC1. The van der Waals surface area contributed by atoms with Gasteiger partial charge in [-0.1, -0.05) is 18.2 Å². The number of allylic oxidation sites excluding steroid dienone is 2. The third kappa shape index (κ3) is 2.72. The van der Waals surface area contributed by atoms with Crippen molar-refractivity contribution < 1.29 is 9.18 Å². The van der Waals surface area contributed by atoms with Crippen molar-refractivity contribution in [3.8, 4) is 0 Å². The molecule has 0 fully saturated rings. The summed E-state index contributed by atoms with van der Waals surface area (Å²) in [6.45, 7) is 0.240. The minimum Gasteiger partial charge on any atom is -0.298 e. The third-order valence-electron chi connectivity index (χ3n) is 4.03. The molecule has 0 spiro atoms. The zero-order valence-electron chi connectivity index (χ0n) is 11.5. The summed E-state index contributed by atoms with van der Waals surface area (Å²) in [5.41, 5.74) is 3.52. The number of hydrogen-bond acceptors (Lipinski definition) is 2. The molecule has 3 heteroatoms. The fraction of sp³-hybridized carbons (Fsp3) is 0.412. The van der Waals surface area contributed by atoms with E-state index in [0.717, 1.165) is 41.7 Å². The fourth-order valence-corrected chi connectivity index (χ4v) is 2.87. The van der Waals surface area contributed by atoms with Gasteiger partial charge in [-0.2, -0.15) is 0 Å². The minimum absolute atomic E-state index is 0.165. The maximum atomic E-state index is 14.3. The number of Topliss-reactive ketones (excluding diaryl/α,β-unsaturated/α-hetero) is 1. The van der Waals surface area contributed by atoms with Crippen molar-refractivity contribution in [2.75, 3.05) is 6.54 Å². The Balaban J connectivity index is 1.87. The molecule has 0 unspecified atom stereocenters. The second kappa shape index (κ2) is 5.70. The predicted octanol–water partition coefficient (Wildman–Crippen LogP) is 3.94. The van der Waals surface area contributed by atoms with Crippen LogP contribution in [0.15, 0.2) is 29.3 Å². The molecule has 0 atom stereocenters. The van der Waals surface area contributed by atoms with Gasteiger partial charge < -0.3 is 0 Å². The lowest BCUT2D eigenvalue weighted by Crippen LogP contribution is -2.16. The molecule has 0 amide bonds. The number of ketones is 1. The van der Waals surface area contributed by atoms with Crippen LogP contribution in [0.25, 0.3) is 5.57 Å². The molecular weight excluding hydrogens is 253 g/mol. The van der Waals surface area contributed by atoms with E-state index >= 15 is 0 Å². The number of carbonyl (C=O) groups excluding carboxylic acids is 1. The Morgan fingerprint density at radius 2 is 2.00 bits per heavy atom. The average Bonchev–Trinajstić information content (AvgIpc) is 2.49. The van der Waals surface area contributed by atoms with E-state index in [4.69, 9.17) is 0 Å². The van der Waals surface area contributed by atoms with Crippen LogP contribution in [0, 0.1) is 5.82 Å². The van der Waals surface area contributed by atoms with E-state index in [1.165, 1.54) is 6.42 Å². The van der Waals surface area contributed by atoms with E-state index in [9.17, 15) is 9.18 Å². The highest BCUT2D eigenvalue weighted by atomic mass is 19.1. The third-order valence-corrected chi connectivity index (χ3v) is 4.03. The van der Waals surface area contributed by atoms with Gasteiger partial charge in [0.1, 0.15) is 5.82 Å². The summed E-state index contributed by atoms with van der Waals surface area (Å²) in [6.07, 6.45) is 7.65. The first kappa shape index (κ1) is 13.2. The maximum Gasteiger partial charge on any atom is 0.154 e. The van der Waals surface area contributed by atoms with Gasteiger partial charge >= 0.3 is 0 Å². The Labute approximate surface area is 118 Å². The average molecular weight is 271 g/mol. The first-order valence-electron chi connectivity index (χ1n) is 7.28. The van der Waals surface area contributed by atoms with Gasteiger partial charge in [0.25, 0.3) is 0 Å². The minimum atomic E-state index is -0.171. The maximum absolute atomic E-state index is 14.3. The molecule has 0 N–H and O–H groups in total. The molecule has 1 heterocycles. The van der Waals surface area contributed by atoms with Gasteiger partial charge in [-0.25, -0.2) is 4.39 Å². The summed E-state index contributed by atoms with van der Waals surface area (Å²) < 4.78 is 14.3. The molecule has 2 aliphatic rings. The summed E-state index contributed by atoms with van der Waals surface area (Å²) >= 11 is 0. The molecule has 1 aliphatic heterocycles. The Bertz CT molecular complexity index is 601. The highest BCUT2D eigenvalue weighted by Gasteiger charge is 2.16. The van der Waals surface area contributed by atoms with Crippen LogP contribution >= 0.6 is 0 Å². The smallest absolute Gasteiger partial charge is 0.154 e. The zero-order valence-corrected chi connectivity index (χ0v) is 11.5. The molecule has 0 bridgehead atoms. The molecule has 0 saturated carbocycles. The van der Waals surface area contributed by atoms with Crippen LogP contribution in [0.1, 0.15) is 49.7 Å². The van der Waals surface area contributed by atoms with E-state index in [1.54, 1.807) is 6.07 Å². The monoisotopic (exact) mass is 271 g/mol. The zero-order chi connectivity index (χ0) is 13.9. The van der Waals surface area contributed by atoms with Gasteiger partial charge in [-0.3, -0.25) is 9.79 Å². The van der Waals surface area contributed by atoms with Gasteiger partial charge in [-0.05, 0) is 49.3 Å². The first-order chi connectivity index (χ1) is 9.74.